The third-order valence-electron chi connectivity index (χ3n) is 5.81. The van der Waals surface area contributed by atoms with Gasteiger partial charge in [0.05, 0.1) is 26.4 Å². The molecule has 1 aliphatic heterocycles. The highest BCUT2D eigenvalue weighted by atomic mass is 16.7. The monoisotopic (exact) mass is 464 g/mol. The second-order valence-electron chi connectivity index (χ2n) is 8.29. The Hall–Kier alpha value is -2.58. The van der Waals surface area contributed by atoms with Crippen LogP contribution in [-0.2, 0) is 43.5 Å². The van der Waals surface area contributed by atoms with Crippen LogP contribution in [0.5, 0.6) is 0 Å². The van der Waals surface area contributed by atoms with E-state index < -0.39 is 30.7 Å². The van der Waals surface area contributed by atoms with Crippen molar-refractivity contribution >= 4 is 0 Å². The highest BCUT2D eigenvalue weighted by molar-refractivity contribution is 5.15. The minimum atomic E-state index is -1.01. The summed E-state index contributed by atoms with van der Waals surface area (Å²) in [5.74, 6) is 0. The van der Waals surface area contributed by atoms with E-state index in [9.17, 15) is 5.11 Å². The van der Waals surface area contributed by atoms with Crippen LogP contribution in [0.1, 0.15) is 16.7 Å². The zero-order valence-electron chi connectivity index (χ0n) is 19.4. The summed E-state index contributed by atoms with van der Waals surface area (Å²) in [5, 5.41) is 11.0. The van der Waals surface area contributed by atoms with E-state index in [0.29, 0.717) is 19.8 Å². The van der Waals surface area contributed by atoms with Gasteiger partial charge in [0.25, 0.3) is 0 Å². The van der Waals surface area contributed by atoms with Crippen molar-refractivity contribution in [2.45, 2.75) is 50.5 Å². The molecule has 4 rings (SSSR count). The van der Waals surface area contributed by atoms with Crippen LogP contribution in [0.2, 0.25) is 0 Å². The van der Waals surface area contributed by atoms with Crippen LogP contribution in [-0.4, -0.2) is 49.5 Å². The third-order valence-corrected chi connectivity index (χ3v) is 5.81. The van der Waals surface area contributed by atoms with E-state index in [1.54, 1.807) is 0 Å². The number of hydrogen-bond donors (Lipinski definition) is 1. The summed E-state index contributed by atoms with van der Waals surface area (Å²) in [5.41, 5.74) is 3.10. The first-order valence-electron chi connectivity index (χ1n) is 11.5. The maximum Gasteiger partial charge on any atom is 0.186 e. The Morgan fingerprint density at radius 2 is 1.15 bits per heavy atom. The Kier molecular flexibility index (Phi) is 9.21. The van der Waals surface area contributed by atoms with Gasteiger partial charge in [-0.2, -0.15) is 0 Å². The summed E-state index contributed by atoms with van der Waals surface area (Å²) in [6, 6.07) is 29.7. The van der Waals surface area contributed by atoms with Crippen molar-refractivity contribution in [3.63, 3.8) is 0 Å². The molecule has 3 aromatic carbocycles. The van der Waals surface area contributed by atoms with Crippen molar-refractivity contribution in [2.24, 2.45) is 0 Å². The van der Waals surface area contributed by atoms with Crippen molar-refractivity contribution in [3.05, 3.63) is 108 Å². The van der Waals surface area contributed by atoms with Gasteiger partial charge in [-0.05, 0) is 16.7 Å². The van der Waals surface area contributed by atoms with Gasteiger partial charge in [0.15, 0.2) is 6.29 Å². The first-order chi connectivity index (χ1) is 16.7. The Balaban J connectivity index is 1.48. The summed E-state index contributed by atoms with van der Waals surface area (Å²) >= 11 is 0. The first kappa shape index (κ1) is 24.5. The van der Waals surface area contributed by atoms with Crippen molar-refractivity contribution in [1.29, 1.82) is 0 Å². The number of benzene rings is 3. The summed E-state index contributed by atoms with van der Waals surface area (Å²) in [6.45, 7) is 1.41. The molecule has 0 bridgehead atoms. The number of rotatable bonds is 11. The van der Waals surface area contributed by atoms with E-state index in [1.165, 1.54) is 7.11 Å². The molecule has 1 aliphatic rings. The fourth-order valence-electron chi connectivity index (χ4n) is 4.02. The molecule has 1 saturated heterocycles. The van der Waals surface area contributed by atoms with Gasteiger partial charge in [0.2, 0.25) is 0 Å². The number of methoxy groups -OCH3 is 1. The zero-order chi connectivity index (χ0) is 23.6. The number of hydrogen-bond acceptors (Lipinski definition) is 6. The number of ether oxygens (including phenoxy) is 5. The molecular weight excluding hydrogens is 432 g/mol. The lowest BCUT2D eigenvalue weighted by atomic mass is 9.98. The van der Waals surface area contributed by atoms with Gasteiger partial charge in [0.1, 0.15) is 24.4 Å². The van der Waals surface area contributed by atoms with Crippen LogP contribution in [0.3, 0.4) is 0 Å². The van der Waals surface area contributed by atoms with E-state index in [0.717, 1.165) is 16.7 Å². The summed E-state index contributed by atoms with van der Waals surface area (Å²) in [4.78, 5) is 0. The van der Waals surface area contributed by atoms with Crippen LogP contribution < -0.4 is 0 Å². The summed E-state index contributed by atoms with van der Waals surface area (Å²) in [6.07, 6.45) is -3.56. The zero-order valence-corrected chi connectivity index (χ0v) is 19.4. The van der Waals surface area contributed by atoms with E-state index in [4.69, 9.17) is 23.7 Å². The SMILES string of the molecule is CO[C@H]1O[C@H](COCc2ccccc2)[C@H](OCc2ccccc2)[C@H](OCc2ccccc2)[C@H]1O. The van der Waals surface area contributed by atoms with Gasteiger partial charge < -0.3 is 28.8 Å². The van der Waals surface area contributed by atoms with Gasteiger partial charge in [-0.3, -0.25) is 0 Å². The minimum Gasteiger partial charge on any atom is -0.385 e. The van der Waals surface area contributed by atoms with Crippen molar-refractivity contribution in [1.82, 2.24) is 0 Å². The highest BCUT2D eigenvalue weighted by Crippen LogP contribution is 2.28. The molecule has 6 heteroatoms. The molecule has 1 fully saturated rings. The molecule has 5 atom stereocenters. The predicted molar refractivity (Wildman–Crippen MR) is 128 cm³/mol. The fourth-order valence-corrected chi connectivity index (χ4v) is 4.02. The maximum atomic E-state index is 11.0. The molecule has 0 saturated carbocycles. The van der Waals surface area contributed by atoms with E-state index in [-0.39, 0.29) is 6.61 Å². The number of aliphatic hydroxyl groups excluding tert-OH is 1. The van der Waals surface area contributed by atoms with Crippen molar-refractivity contribution < 1.29 is 28.8 Å². The molecule has 0 spiro atoms. The molecule has 0 aromatic heterocycles. The molecule has 3 aromatic rings. The van der Waals surface area contributed by atoms with E-state index >= 15 is 0 Å². The molecule has 1 N–H and O–H groups in total. The number of aliphatic hydroxyl groups is 1. The molecule has 34 heavy (non-hydrogen) atoms. The van der Waals surface area contributed by atoms with E-state index in [1.807, 2.05) is 91.0 Å². The summed E-state index contributed by atoms with van der Waals surface area (Å²) in [7, 11) is 1.51. The Labute approximate surface area is 201 Å². The Morgan fingerprint density at radius 1 is 0.676 bits per heavy atom. The normalized spacial score (nSPS) is 24.7. The minimum absolute atomic E-state index is 0.270. The van der Waals surface area contributed by atoms with Crippen LogP contribution in [0.15, 0.2) is 91.0 Å². The smallest absolute Gasteiger partial charge is 0.186 e. The van der Waals surface area contributed by atoms with Gasteiger partial charge in [-0.25, -0.2) is 0 Å². The fraction of sp³-hybridized carbons (Fsp3) is 0.357. The molecule has 0 radical (unpaired) electrons. The topological polar surface area (TPSA) is 66.4 Å². The highest BCUT2D eigenvalue weighted by Gasteiger charge is 2.47. The lowest BCUT2D eigenvalue weighted by Crippen LogP contribution is -2.60. The average Bonchev–Trinajstić information content (AvgIpc) is 2.89. The molecule has 6 nitrogen and oxygen atoms in total. The Bertz CT molecular complexity index is 952. The molecule has 180 valence electrons. The van der Waals surface area contributed by atoms with Crippen molar-refractivity contribution in [3.8, 4) is 0 Å². The molecule has 0 aliphatic carbocycles. The van der Waals surface area contributed by atoms with Crippen molar-refractivity contribution in [2.75, 3.05) is 13.7 Å². The molecule has 0 amide bonds. The quantitative estimate of drug-likeness (QED) is 0.461. The van der Waals surface area contributed by atoms with Crippen LogP contribution in [0, 0.1) is 0 Å². The average molecular weight is 465 g/mol. The standard InChI is InChI=1S/C28H32O6/c1-30-28-25(29)27(33-19-23-15-9-4-10-16-23)26(32-18-22-13-7-3-8-14-22)24(34-28)20-31-17-21-11-5-2-6-12-21/h2-16,24-29H,17-20H2,1H3/t24-,25-,26+,27-,28+/m1/s1. The van der Waals surface area contributed by atoms with Gasteiger partial charge >= 0.3 is 0 Å². The molecule has 0 unspecified atom stereocenters. The van der Waals surface area contributed by atoms with Crippen LogP contribution in [0.25, 0.3) is 0 Å². The largest absolute Gasteiger partial charge is 0.385 e. The second kappa shape index (κ2) is 12.8. The van der Waals surface area contributed by atoms with Gasteiger partial charge in [-0.15, -0.1) is 0 Å². The van der Waals surface area contributed by atoms with Gasteiger partial charge in [-0.1, -0.05) is 91.0 Å². The predicted octanol–water partition coefficient (Wildman–Crippen LogP) is 4.11. The van der Waals surface area contributed by atoms with Gasteiger partial charge in [0, 0.05) is 7.11 Å². The van der Waals surface area contributed by atoms with E-state index in [2.05, 4.69) is 0 Å². The first-order valence-corrected chi connectivity index (χ1v) is 11.5. The third kappa shape index (κ3) is 6.73. The lowest BCUT2D eigenvalue weighted by molar-refractivity contribution is -0.313. The van der Waals surface area contributed by atoms with Crippen LogP contribution >= 0.6 is 0 Å². The molecule has 1 heterocycles. The Morgan fingerprint density at radius 3 is 1.65 bits per heavy atom. The summed E-state index contributed by atoms with van der Waals surface area (Å²) < 4.78 is 30.0. The second-order valence-corrected chi connectivity index (χ2v) is 8.29. The van der Waals surface area contributed by atoms with Crippen LogP contribution in [0.4, 0.5) is 0 Å². The maximum absolute atomic E-state index is 11.0. The lowest BCUT2D eigenvalue weighted by Gasteiger charge is -2.43. The molecular formula is C28H32O6.